The van der Waals surface area contributed by atoms with E-state index >= 15 is 0 Å². The molecule has 94 valence electrons. The van der Waals surface area contributed by atoms with Gasteiger partial charge < -0.3 is 14.8 Å². The summed E-state index contributed by atoms with van der Waals surface area (Å²) in [6.07, 6.45) is 1.57. The number of ether oxygens (including phenoxy) is 2. The van der Waals surface area contributed by atoms with E-state index in [1.165, 1.54) is 7.11 Å². The van der Waals surface area contributed by atoms with Crippen molar-refractivity contribution in [3.63, 3.8) is 0 Å². The van der Waals surface area contributed by atoms with Gasteiger partial charge in [-0.2, -0.15) is 0 Å². The Kier molecular flexibility index (Phi) is 6.35. The van der Waals surface area contributed by atoms with Crippen molar-refractivity contribution in [2.75, 3.05) is 32.7 Å². The molecule has 0 aliphatic rings. The molecular formula is C11H15ClN2O3. The number of hydrogen-bond donors (Lipinski definition) is 1. The molecule has 17 heavy (non-hydrogen) atoms. The molecule has 6 heteroatoms. The molecule has 0 aliphatic carbocycles. The van der Waals surface area contributed by atoms with Crippen LogP contribution in [0, 0.1) is 0 Å². The summed E-state index contributed by atoms with van der Waals surface area (Å²) in [5, 5.41) is 2.71. The minimum atomic E-state index is -0.232. The van der Waals surface area contributed by atoms with E-state index in [0.29, 0.717) is 37.1 Å². The van der Waals surface area contributed by atoms with E-state index in [1.807, 2.05) is 0 Å². The smallest absolute Gasteiger partial charge is 0.256 e. The molecule has 0 bridgehead atoms. The number of nitrogens with zero attached hydrogens (tertiary/aromatic N) is 1. The van der Waals surface area contributed by atoms with Crippen molar-refractivity contribution in [1.82, 2.24) is 10.3 Å². The highest BCUT2D eigenvalue weighted by molar-refractivity contribution is 6.17. The Hall–Kier alpha value is -1.33. The third-order valence-corrected chi connectivity index (χ3v) is 2.12. The van der Waals surface area contributed by atoms with Gasteiger partial charge in [-0.3, -0.25) is 4.79 Å². The van der Waals surface area contributed by atoms with Gasteiger partial charge in [-0.15, -0.1) is 11.6 Å². The maximum atomic E-state index is 11.7. The van der Waals surface area contributed by atoms with Crippen molar-refractivity contribution >= 4 is 17.5 Å². The third-order valence-electron chi connectivity index (χ3n) is 1.96. The fourth-order valence-electron chi connectivity index (χ4n) is 1.21. The molecule has 0 aliphatic heterocycles. The first-order valence-electron chi connectivity index (χ1n) is 5.20. The number of carbonyl (C=O) groups excluding carboxylic acids is 1. The van der Waals surface area contributed by atoms with Crippen molar-refractivity contribution < 1.29 is 14.3 Å². The van der Waals surface area contributed by atoms with Crippen molar-refractivity contribution in [1.29, 1.82) is 0 Å². The Bertz CT molecular complexity index is 360. The number of methoxy groups -OCH3 is 1. The number of rotatable bonds is 7. The van der Waals surface area contributed by atoms with Crippen LogP contribution in [0.5, 0.6) is 5.88 Å². The van der Waals surface area contributed by atoms with Gasteiger partial charge in [0.15, 0.2) is 0 Å². The minimum absolute atomic E-state index is 0.232. The summed E-state index contributed by atoms with van der Waals surface area (Å²) >= 11 is 5.44. The quantitative estimate of drug-likeness (QED) is 0.587. The molecule has 0 atom stereocenters. The maximum absolute atomic E-state index is 11.7. The van der Waals surface area contributed by atoms with E-state index in [2.05, 4.69) is 10.3 Å². The predicted octanol–water partition coefficient (Wildman–Crippen LogP) is 1.08. The highest BCUT2D eigenvalue weighted by Gasteiger charge is 2.11. The van der Waals surface area contributed by atoms with Gasteiger partial charge in [0, 0.05) is 18.6 Å². The monoisotopic (exact) mass is 258 g/mol. The lowest BCUT2D eigenvalue weighted by Gasteiger charge is -2.08. The molecule has 0 spiro atoms. The second kappa shape index (κ2) is 7.86. The number of alkyl halides is 1. The summed E-state index contributed by atoms with van der Waals surface area (Å²) in [6, 6.07) is 3.34. The predicted molar refractivity (Wildman–Crippen MR) is 64.7 cm³/mol. The molecule has 0 saturated carbocycles. The summed E-state index contributed by atoms with van der Waals surface area (Å²) < 4.78 is 10.1. The molecule has 0 aromatic carbocycles. The molecule has 1 N–H and O–H groups in total. The fraction of sp³-hybridized carbons (Fsp3) is 0.455. The molecule has 1 aromatic heterocycles. The summed E-state index contributed by atoms with van der Waals surface area (Å²) in [7, 11) is 1.47. The normalized spacial score (nSPS) is 10.0. The lowest BCUT2D eigenvalue weighted by atomic mass is 10.2. The van der Waals surface area contributed by atoms with Crippen LogP contribution in [0.1, 0.15) is 10.4 Å². The lowest BCUT2D eigenvalue weighted by molar-refractivity contribution is 0.0920. The second-order valence-corrected chi connectivity index (χ2v) is 3.50. The van der Waals surface area contributed by atoms with E-state index in [0.717, 1.165) is 0 Å². The van der Waals surface area contributed by atoms with Crippen LogP contribution >= 0.6 is 11.6 Å². The van der Waals surface area contributed by atoms with E-state index in [1.54, 1.807) is 18.3 Å². The van der Waals surface area contributed by atoms with Crippen LogP contribution in [0.4, 0.5) is 0 Å². The van der Waals surface area contributed by atoms with Crippen molar-refractivity contribution in [2.45, 2.75) is 0 Å². The molecule has 0 fully saturated rings. The van der Waals surface area contributed by atoms with Gasteiger partial charge in [0.1, 0.15) is 5.56 Å². The minimum Gasteiger partial charge on any atom is -0.480 e. The molecule has 1 amide bonds. The van der Waals surface area contributed by atoms with Gasteiger partial charge >= 0.3 is 0 Å². The van der Waals surface area contributed by atoms with Crippen molar-refractivity contribution in [3.8, 4) is 5.88 Å². The number of hydrogen-bond acceptors (Lipinski definition) is 4. The summed E-state index contributed by atoms with van der Waals surface area (Å²) in [6.45, 7) is 1.34. The number of nitrogens with one attached hydrogen (secondary N) is 1. The van der Waals surface area contributed by atoms with Gasteiger partial charge in [-0.05, 0) is 12.1 Å². The van der Waals surface area contributed by atoms with Crippen LogP contribution in [-0.2, 0) is 4.74 Å². The molecule has 0 saturated heterocycles. The second-order valence-electron chi connectivity index (χ2n) is 3.12. The molecule has 1 rings (SSSR count). The molecule has 0 unspecified atom stereocenters. The average Bonchev–Trinajstić information content (AvgIpc) is 2.38. The average molecular weight is 259 g/mol. The van der Waals surface area contributed by atoms with E-state index < -0.39 is 0 Å². The zero-order valence-electron chi connectivity index (χ0n) is 9.61. The Morgan fingerprint density at radius 3 is 3.06 bits per heavy atom. The van der Waals surface area contributed by atoms with Crippen molar-refractivity contribution in [3.05, 3.63) is 23.9 Å². The Morgan fingerprint density at radius 1 is 1.53 bits per heavy atom. The highest BCUT2D eigenvalue weighted by atomic mass is 35.5. The maximum Gasteiger partial charge on any atom is 0.256 e. The molecule has 1 aromatic rings. The number of amides is 1. The van der Waals surface area contributed by atoms with Gasteiger partial charge in [-0.1, -0.05) is 0 Å². The number of carbonyl (C=O) groups is 1. The largest absolute Gasteiger partial charge is 0.480 e. The van der Waals surface area contributed by atoms with Gasteiger partial charge in [0.25, 0.3) is 5.91 Å². The van der Waals surface area contributed by atoms with Crippen LogP contribution < -0.4 is 10.1 Å². The zero-order chi connectivity index (χ0) is 12.5. The van der Waals surface area contributed by atoms with Gasteiger partial charge in [-0.25, -0.2) is 4.98 Å². The van der Waals surface area contributed by atoms with Crippen LogP contribution in [0.25, 0.3) is 0 Å². The number of pyridine rings is 1. The molecule has 1 heterocycles. The highest BCUT2D eigenvalue weighted by Crippen LogP contribution is 2.12. The first-order chi connectivity index (χ1) is 8.29. The van der Waals surface area contributed by atoms with E-state index in [4.69, 9.17) is 21.1 Å². The van der Waals surface area contributed by atoms with E-state index in [9.17, 15) is 4.79 Å². The van der Waals surface area contributed by atoms with Crippen LogP contribution in [0.3, 0.4) is 0 Å². The van der Waals surface area contributed by atoms with Crippen molar-refractivity contribution in [2.24, 2.45) is 0 Å². The molecular weight excluding hydrogens is 244 g/mol. The zero-order valence-corrected chi connectivity index (χ0v) is 10.4. The summed E-state index contributed by atoms with van der Waals surface area (Å²) in [5.41, 5.74) is 0.410. The Morgan fingerprint density at radius 2 is 2.35 bits per heavy atom. The van der Waals surface area contributed by atoms with E-state index in [-0.39, 0.29) is 5.91 Å². The number of aromatic nitrogens is 1. The van der Waals surface area contributed by atoms with Gasteiger partial charge in [0.05, 0.1) is 20.3 Å². The summed E-state index contributed by atoms with van der Waals surface area (Å²) in [4.78, 5) is 15.7. The standard InChI is InChI=1S/C11H15ClN2O3/c1-16-11-9(3-2-5-14-11)10(15)13-6-8-17-7-4-12/h2-3,5H,4,6-8H2,1H3,(H,13,15). The van der Waals surface area contributed by atoms with Crippen LogP contribution in [-0.4, -0.2) is 43.6 Å². The van der Waals surface area contributed by atoms with Crippen LogP contribution in [0.15, 0.2) is 18.3 Å². The third kappa shape index (κ3) is 4.58. The SMILES string of the molecule is COc1ncccc1C(=O)NCCOCCCl. The lowest BCUT2D eigenvalue weighted by Crippen LogP contribution is -2.28. The Labute approximate surface area is 105 Å². The topological polar surface area (TPSA) is 60.5 Å². The summed E-state index contributed by atoms with van der Waals surface area (Å²) in [5.74, 6) is 0.529. The number of halogens is 1. The Balaban J connectivity index is 2.41. The molecule has 5 nitrogen and oxygen atoms in total. The first-order valence-corrected chi connectivity index (χ1v) is 5.74. The first kappa shape index (κ1) is 13.7. The van der Waals surface area contributed by atoms with Gasteiger partial charge in [0.2, 0.25) is 5.88 Å². The molecule has 0 radical (unpaired) electrons. The fourth-order valence-corrected chi connectivity index (χ4v) is 1.32. The van der Waals surface area contributed by atoms with Crippen LogP contribution in [0.2, 0.25) is 0 Å².